The molecule has 94 valence electrons. The molecule has 5 heteroatoms. The van der Waals surface area contributed by atoms with Gasteiger partial charge >= 0.3 is 0 Å². The average molecular weight is 350 g/mol. The second-order valence-electron chi connectivity index (χ2n) is 3.55. The standard InChI is InChI=1S/C13H8BrCl2FO/c14-12-8(3-1-5-10(12)17)7-18-11-6-2-4-9(15)13(11)16/h1-6H,7H2. The molecule has 0 fully saturated rings. The van der Waals surface area contributed by atoms with E-state index in [-0.39, 0.29) is 12.4 Å². The molecule has 0 spiro atoms. The van der Waals surface area contributed by atoms with Gasteiger partial charge in [-0.25, -0.2) is 4.39 Å². The van der Waals surface area contributed by atoms with Gasteiger partial charge in [0.05, 0.1) is 9.50 Å². The van der Waals surface area contributed by atoms with Crippen LogP contribution in [-0.4, -0.2) is 0 Å². The molecule has 0 aliphatic heterocycles. The molecule has 0 saturated carbocycles. The predicted molar refractivity (Wildman–Crippen MR) is 74.9 cm³/mol. The van der Waals surface area contributed by atoms with Gasteiger partial charge in [-0.05, 0) is 34.1 Å². The molecule has 0 radical (unpaired) electrons. The van der Waals surface area contributed by atoms with Crippen molar-refractivity contribution in [2.24, 2.45) is 0 Å². The van der Waals surface area contributed by atoms with Gasteiger partial charge in [0.15, 0.2) is 0 Å². The lowest BCUT2D eigenvalue weighted by molar-refractivity contribution is 0.305. The van der Waals surface area contributed by atoms with Gasteiger partial charge < -0.3 is 4.74 Å². The van der Waals surface area contributed by atoms with Crippen LogP contribution in [0.3, 0.4) is 0 Å². The molecule has 2 rings (SSSR count). The number of halogens is 4. The van der Waals surface area contributed by atoms with Crippen LogP contribution in [0.25, 0.3) is 0 Å². The molecule has 0 bridgehead atoms. The van der Waals surface area contributed by atoms with E-state index in [1.807, 2.05) is 0 Å². The summed E-state index contributed by atoms with van der Waals surface area (Å²) in [5.41, 5.74) is 0.700. The summed E-state index contributed by atoms with van der Waals surface area (Å²) in [7, 11) is 0. The molecule has 2 aromatic rings. The molecule has 0 aliphatic carbocycles. The van der Waals surface area contributed by atoms with E-state index in [2.05, 4.69) is 15.9 Å². The van der Waals surface area contributed by atoms with Crippen LogP contribution in [0.4, 0.5) is 4.39 Å². The third-order valence-electron chi connectivity index (χ3n) is 2.33. The Morgan fingerprint density at radius 3 is 2.61 bits per heavy atom. The molecular weight excluding hydrogens is 342 g/mol. The number of rotatable bonds is 3. The van der Waals surface area contributed by atoms with E-state index in [9.17, 15) is 4.39 Å². The summed E-state index contributed by atoms with van der Waals surface area (Å²) in [6, 6.07) is 9.89. The van der Waals surface area contributed by atoms with Crippen molar-refractivity contribution in [1.29, 1.82) is 0 Å². The monoisotopic (exact) mass is 348 g/mol. The Morgan fingerprint density at radius 2 is 1.83 bits per heavy atom. The fourth-order valence-corrected chi connectivity index (χ4v) is 2.14. The lowest BCUT2D eigenvalue weighted by Crippen LogP contribution is -1.98. The minimum absolute atomic E-state index is 0.207. The second-order valence-corrected chi connectivity index (χ2v) is 5.13. The first-order chi connectivity index (χ1) is 8.59. The van der Waals surface area contributed by atoms with Crippen LogP contribution in [0, 0.1) is 5.82 Å². The van der Waals surface area contributed by atoms with Gasteiger partial charge in [-0.1, -0.05) is 41.4 Å². The SMILES string of the molecule is Fc1cccc(COc2cccc(Cl)c2Cl)c1Br. The van der Waals surface area contributed by atoms with Gasteiger partial charge in [0, 0.05) is 5.56 Å². The highest BCUT2D eigenvalue weighted by Gasteiger charge is 2.08. The molecule has 18 heavy (non-hydrogen) atoms. The molecule has 0 amide bonds. The second kappa shape index (κ2) is 5.91. The van der Waals surface area contributed by atoms with Crippen molar-refractivity contribution in [1.82, 2.24) is 0 Å². The fraction of sp³-hybridized carbons (Fsp3) is 0.0769. The largest absolute Gasteiger partial charge is 0.487 e. The zero-order valence-corrected chi connectivity index (χ0v) is 12.2. The summed E-state index contributed by atoms with van der Waals surface area (Å²) >= 11 is 15.0. The molecule has 1 nitrogen and oxygen atoms in total. The van der Waals surface area contributed by atoms with Crippen LogP contribution >= 0.6 is 39.1 Å². The van der Waals surface area contributed by atoms with Crippen LogP contribution < -0.4 is 4.74 Å². The number of hydrogen-bond donors (Lipinski definition) is 0. The van der Waals surface area contributed by atoms with Crippen LogP contribution in [0.15, 0.2) is 40.9 Å². The van der Waals surface area contributed by atoms with Crippen LogP contribution in [0.5, 0.6) is 5.75 Å². The van der Waals surface area contributed by atoms with Crippen molar-refractivity contribution in [3.8, 4) is 5.75 Å². The van der Waals surface area contributed by atoms with Crippen LogP contribution in [0.1, 0.15) is 5.56 Å². The van der Waals surface area contributed by atoms with Crippen molar-refractivity contribution in [2.45, 2.75) is 6.61 Å². The zero-order chi connectivity index (χ0) is 13.1. The van der Waals surface area contributed by atoms with E-state index >= 15 is 0 Å². The van der Waals surface area contributed by atoms with Gasteiger partial charge in [-0.15, -0.1) is 0 Å². The highest BCUT2D eigenvalue weighted by atomic mass is 79.9. The lowest BCUT2D eigenvalue weighted by Gasteiger charge is -2.10. The Bertz CT molecular complexity index is 523. The van der Waals surface area contributed by atoms with Crippen molar-refractivity contribution < 1.29 is 9.13 Å². The number of ether oxygens (including phenoxy) is 1. The van der Waals surface area contributed by atoms with Gasteiger partial charge in [0.2, 0.25) is 0 Å². The van der Waals surface area contributed by atoms with Crippen molar-refractivity contribution >= 4 is 39.1 Å². The first kappa shape index (κ1) is 13.7. The topological polar surface area (TPSA) is 9.23 Å². The van der Waals surface area contributed by atoms with Gasteiger partial charge in [-0.3, -0.25) is 0 Å². The molecule has 0 aliphatic rings. The van der Waals surface area contributed by atoms with E-state index < -0.39 is 0 Å². The maximum atomic E-state index is 13.3. The third-order valence-corrected chi connectivity index (χ3v) is 4.02. The Morgan fingerprint density at radius 1 is 1.11 bits per heavy atom. The van der Waals surface area contributed by atoms with E-state index in [1.165, 1.54) is 6.07 Å². The molecule has 0 aromatic heterocycles. The molecule has 0 atom stereocenters. The smallest absolute Gasteiger partial charge is 0.139 e. The molecule has 0 unspecified atom stereocenters. The van der Waals surface area contributed by atoms with Gasteiger partial charge in [0.25, 0.3) is 0 Å². The summed E-state index contributed by atoms with van der Waals surface area (Å²) in [5, 5.41) is 0.777. The van der Waals surface area contributed by atoms with E-state index in [0.29, 0.717) is 25.8 Å². The maximum absolute atomic E-state index is 13.3. The van der Waals surface area contributed by atoms with Crippen LogP contribution in [-0.2, 0) is 6.61 Å². The number of hydrogen-bond acceptors (Lipinski definition) is 1. The third kappa shape index (κ3) is 2.97. The maximum Gasteiger partial charge on any atom is 0.139 e. The minimum atomic E-state index is -0.326. The van der Waals surface area contributed by atoms with Crippen molar-refractivity contribution in [3.63, 3.8) is 0 Å². The zero-order valence-electron chi connectivity index (χ0n) is 9.09. The summed E-state index contributed by atoms with van der Waals surface area (Å²) in [4.78, 5) is 0. The van der Waals surface area contributed by atoms with Gasteiger partial charge in [-0.2, -0.15) is 0 Å². The Labute approximate surface area is 123 Å². The predicted octanol–water partition coefficient (Wildman–Crippen LogP) is 5.47. The average Bonchev–Trinajstić information content (AvgIpc) is 2.36. The van der Waals surface area contributed by atoms with Crippen molar-refractivity contribution in [3.05, 3.63) is 62.3 Å². The quantitative estimate of drug-likeness (QED) is 0.713. The summed E-state index contributed by atoms with van der Waals surface area (Å²) < 4.78 is 19.2. The lowest BCUT2D eigenvalue weighted by atomic mass is 10.2. The Balaban J connectivity index is 2.17. The molecule has 0 N–H and O–H groups in total. The summed E-state index contributed by atoms with van der Waals surface area (Å²) in [6.07, 6.45) is 0. The molecule has 2 aromatic carbocycles. The van der Waals surface area contributed by atoms with E-state index in [4.69, 9.17) is 27.9 Å². The molecular formula is C13H8BrCl2FO. The highest BCUT2D eigenvalue weighted by molar-refractivity contribution is 9.10. The van der Waals surface area contributed by atoms with Gasteiger partial charge in [0.1, 0.15) is 23.2 Å². The first-order valence-corrected chi connectivity index (χ1v) is 6.64. The summed E-state index contributed by atoms with van der Waals surface area (Å²) in [6.45, 7) is 0.207. The molecule has 0 saturated heterocycles. The summed E-state index contributed by atoms with van der Waals surface area (Å²) in [5.74, 6) is 0.147. The first-order valence-electron chi connectivity index (χ1n) is 5.09. The normalized spacial score (nSPS) is 10.4. The van der Waals surface area contributed by atoms with E-state index in [0.717, 1.165) is 0 Å². The number of benzene rings is 2. The Hall–Kier alpha value is -0.770. The Kier molecular flexibility index (Phi) is 4.49. The van der Waals surface area contributed by atoms with Crippen LogP contribution in [0.2, 0.25) is 10.0 Å². The molecule has 0 heterocycles. The fourth-order valence-electron chi connectivity index (χ4n) is 1.41. The van der Waals surface area contributed by atoms with Crippen molar-refractivity contribution in [2.75, 3.05) is 0 Å². The highest BCUT2D eigenvalue weighted by Crippen LogP contribution is 2.32. The minimum Gasteiger partial charge on any atom is -0.487 e. The van der Waals surface area contributed by atoms with E-state index in [1.54, 1.807) is 30.3 Å².